The van der Waals surface area contributed by atoms with Gasteiger partial charge in [0.1, 0.15) is 5.58 Å². The molecular formula is C21H30N2O3. The van der Waals surface area contributed by atoms with E-state index in [0.717, 1.165) is 0 Å². The lowest BCUT2D eigenvalue weighted by Crippen LogP contribution is -2.29. The van der Waals surface area contributed by atoms with E-state index in [1.54, 1.807) is 12.1 Å². The van der Waals surface area contributed by atoms with Gasteiger partial charge in [0.05, 0.1) is 23.5 Å². The van der Waals surface area contributed by atoms with Gasteiger partial charge in [-0.3, -0.25) is 0 Å². The monoisotopic (exact) mass is 358 g/mol. The lowest BCUT2D eigenvalue weighted by molar-refractivity contribution is -0.0427. The van der Waals surface area contributed by atoms with Crippen molar-refractivity contribution in [3.8, 4) is 0 Å². The molecule has 0 fully saturated rings. The molecule has 5 heteroatoms. The van der Waals surface area contributed by atoms with Crippen molar-refractivity contribution in [2.45, 2.75) is 53.6 Å². The second-order valence-corrected chi connectivity index (χ2v) is 8.57. The van der Waals surface area contributed by atoms with Crippen molar-refractivity contribution >= 4 is 22.2 Å². The summed E-state index contributed by atoms with van der Waals surface area (Å²) < 4.78 is 11.3. The molecule has 0 spiro atoms. The molecule has 0 aliphatic rings. The van der Waals surface area contributed by atoms with Crippen LogP contribution in [-0.2, 0) is 4.74 Å². The van der Waals surface area contributed by atoms with Crippen LogP contribution in [-0.4, -0.2) is 12.2 Å². The molecule has 4 N–H and O–H groups in total. The summed E-state index contributed by atoms with van der Waals surface area (Å²) in [6.45, 7) is 12.6. The van der Waals surface area contributed by atoms with Gasteiger partial charge in [-0.25, -0.2) is 4.79 Å². The summed E-state index contributed by atoms with van der Waals surface area (Å²) >= 11 is 0. The van der Waals surface area contributed by atoms with Crippen LogP contribution < -0.4 is 17.1 Å². The quantitative estimate of drug-likeness (QED) is 0.778. The molecule has 0 saturated carbocycles. The number of hydrogen-bond acceptors (Lipinski definition) is 5. The van der Waals surface area contributed by atoms with Crippen LogP contribution in [0, 0.1) is 5.41 Å². The summed E-state index contributed by atoms with van der Waals surface area (Å²) in [4.78, 5) is 12.5. The van der Waals surface area contributed by atoms with E-state index in [1.807, 2.05) is 39.8 Å². The molecule has 1 aromatic carbocycles. The molecule has 0 radical (unpaired) electrons. The largest absolute Gasteiger partial charge is 0.422 e. The summed E-state index contributed by atoms with van der Waals surface area (Å²) in [7, 11) is 0. The first-order valence-corrected chi connectivity index (χ1v) is 8.82. The van der Waals surface area contributed by atoms with E-state index in [9.17, 15) is 4.79 Å². The Kier molecular flexibility index (Phi) is 5.52. The van der Waals surface area contributed by atoms with Crippen molar-refractivity contribution in [1.82, 2.24) is 0 Å². The highest BCUT2D eigenvalue weighted by Gasteiger charge is 2.25. The molecule has 0 aliphatic carbocycles. The van der Waals surface area contributed by atoms with Crippen molar-refractivity contribution in [3.63, 3.8) is 0 Å². The standard InChI is InChI=1S/C21H30N2O3/c1-13(15(22)11-21(5,6)12-25-20(2,3)4)17-18(23)14-9-7-8-10-16(14)26-19(17)24/h7-10H,11-12,22-23H2,1-6H3/b15-13-. The number of hydrogen-bond donors (Lipinski definition) is 2. The fourth-order valence-electron chi connectivity index (χ4n) is 2.80. The van der Waals surface area contributed by atoms with E-state index in [0.29, 0.717) is 46.5 Å². The summed E-state index contributed by atoms with van der Waals surface area (Å²) in [5.74, 6) is 0. The lowest BCUT2D eigenvalue weighted by Gasteiger charge is -2.30. The van der Waals surface area contributed by atoms with E-state index in [1.165, 1.54) is 0 Å². The van der Waals surface area contributed by atoms with Gasteiger partial charge in [-0.2, -0.15) is 0 Å². The summed E-state index contributed by atoms with van der Waals surface area (Å²) in [6, 6.07) is 7.23. The van der Waals surface area contributed by atoms with Crippen LogP contribution in [0.3, 0.4) is 0 Å². The predicted molar refractivity (Wildman–Crippen MR) is 108 cm³/mol. The summed E-state index contributed by atoms with van der Waals surface area (Å²) in [6.07, 6.45) is 0.584. The number of fused-ring (bicyclic) bond motifs is 1. The zero-order chi connectivity index (χ0) is 19.7. The fourth-order valence-corrected chi connectivity index (χ4v) is 2.80. The van der Waals surface area contributed by atoms with Crippen LogP contribution in [0.15, 0.2) is 39.2 Å². The smallest absolute Gasteiger partial charge is 0.346 e. The number of nitrogen functional groups attached to an aromatic ring is 1. The first-order valence-electron chi connectivity index (χ1n) is 8.82. The number of ether oxygens (including phenoxy) is 1. The highest BCUT2D eigenvalue weighted by atomic mass is 16.5. The molecule has 0 saturated heterocycles. The zero-order valence-electron chi connectivity index (χ0n) is 16.6. The molecule has 0 bridgehead atoms. The Morgan fingerprint density at radius 2 is 1.77 bits per heavy atom. The number of nitrogens with two attached hydrogens (primary N) is 2. The average Bonchev–Trinajstić information content (AvgIpc) is 2.52. The van der Waals surface area contributed by atoms with Crippen molar-refractivity contribution in [1.29, 1.82) is 0 Å². The van der Waals surface area contributed by atoms with Crippen LogP contribution >= 0.6 is 0 Å². The van der Waals surface area contributed by atoms with Gasteiger partial charge < -0.3 is 20.6 Å². The average molecular weight is 358 g/mol. The molecule has 142 valence electrons. The van der Waals surface area contributed by atoms with Gasteiger partial charge in [-0.15, -0.1) is 0 Å². The molecule has 5 nitrogen and oxygen atoms in total. The maximum Gasteiger partial charge on any atom is 0.346 e. The number of para-hydroxylation sites is 1. The van der Waals surface area contributed by atoms with Crippen molar-refractivity contribution < 1.29 is 9.15 Å². The van der Waals surface area contributed by atoms with E-state index in [2.05, 4.69) is 13.8 Å². The summed E-state index contributed by atoms with van der Waals surface area (Å²) in [5, 5.41) is 0.713. The highest BCUT2D eigenvalue weighted by molar-refractivity contribution is 5.94. The maximum atomic E-state index is 12.5. The number of allylic oxidation sites excluding steroid dienone is 2. The van der Waals surface area contributed by atoms with E-state index in [4.69, 9.17) is 20.6 Å². The molecular weight excluding hydrogens is 328 g/mol. The zero-order valence-corrected chi connectivity index (χ0v) is 16.6. The Balaban J connectivity index is 2.39. The third-order valence-electron chi connectivity index (χ3n) is 4.27. The Morgan fingerprint density at radius 1 is 1.15 bits per heavy atom. The van der Waals surface area contributed by atoms with Crippen molar-refractivity contribution in [2.75, 3.05) is 12.3 Å². The van der Waals surface area contributed by atoms with Gasteiger partial charge in [0.2, 0.25) is 0 Å². The SMILES string of the molecule is C/C(=C(/N)CC(C)(C)COC(C)(C)C)c1c(N)c2ccccc2oc1=O. The second kappa shape index (κ2) is 7.16. The Labute approximate surface area is 155 Å². The van der Waals surface area contributed by atoms with E-state index >= 15 is 0 Å². The molecule has 26 heavy (non-hydrogen) atoms. The van der Waals surface area contributed by atoms with Crippen molar-refractivity contribution in [3.05, 3.63) is 45.9 Å². The van der Waals surface area contributed by atoms with Crippen LogP contribution in [0.1, 0.15) is 53.5 Å². The van der Waals surface area contributed by atoms with E-state index in [-0.39, 0.29) is 11.0 Å². The molecule has 0 aliphatic heterocycles. The minimum atomic E-state index is -0.467. The van der Waals surface area contributed by atoms with Crippen LogP contribution in [0.4, 0.5) is 5.69 Å². The molecule has 0 amide bonds. The first-order chi connectivity index (χ1) is 11.9. The van der Waals surface area contributed by atoms with Crippen LogP contribution in [0.2, 0.25) is 0 Å². The van der Waals surface area contributed by atoms with Gasteiger partial charge in [-0.05, 0) is 57.2 Å². The maximum absolute atomic E-state index is 12.5. The second-order valence-electron chi connectivity index (χ2n) is 8.57. The molecule has 0 unspecified atom stereocenters. The number of rotatable bonds is 5. The predicted octanol–water partition coefficient (Wildman–Crippen LogP) is 4.30. The van der Waals surface area contributed by atoms with Gasteiger partial charge in [0.25, 0.3) is 0 Å². The van der Waals surface area contributed by atoms with Crippen molar-refractivity contribution in [2.24, 2.45) is 11.1 Å². The third kappa shape index (κ3) is 4.67. The third-order valence-corrected chi connectivity index (χ3v) is 4.27. The Bertz CT molecular complexity index is 886. The molecule has 2 rings (SSSR count). The number of benzene rings is 1. The highest BCUT2D eigenvalue weighted by Crippen LogP contribution is 2.32. The van der Waals surface area contributed by atoms with Crippen LogP contribution in [0.25, 0.3) is 16.5 Å². The normalized spacial score (nSPS) is 13.8. The fraction of sp³-hybridized carbons (Fsp3) is 0.476. The minimum absolute atomic E-state index is 0.176. The van der Waals surface area contributed by atoms with Gasteiger partial charge in [0, 0.05) is 11.1 Å². The lowest BCUT2D eigenvalue weighted by atomic mass is 9.86. The Hall–Kier alpha value is -2.27. The minimum Gasteiger partial charge on any atom is -0.422 e. The topological polar surface area (TPSA) is 91.5 Å². The Morgan fingerprint density at radius 3 is 2.38 bits per heavy atom. The number of anilines is 1. The summed E-state index contributed by atoms with van der Waals surface area (Å²) in [5.41, 5.74) is 14.2. The van der Waals surface area contributed by atoms with Gasteiger partial charge in [-0.1, -0.05) is 26.0 Å². The molecule has 2 aromatic rings. The molecule has 0 atom stereocenters. The van der Waals surface area contributed by atoms with Crippen LogP contribution in [0.5, 0.6) is 0 Å². The first kappa shape index (κ1) is 20.0. The molecule has 1 aromatic heterocycles. The van der Waals surface area contributed by atoms with Gasteiger partial charge in [0.15, 0.2) is 0 Å². The van der Waals surface area contributed by atoms with Gasteiger partial charge >= 0.3 is 5.63 Å². The molecule has 1 heterocycles. The van der Waals surface area contributed by atoms with E-state index < -0.39 is 5.63 Å².